The molecule has 148 valence electrons. The molecule has 0 fully saturated rings. The number of nitrogens with zero attached hydrogens (tertiary/aromatic N) is 1. The Morgan fingerprint density at radius 1 is 1.04 bits per heavy atom. The Morgan fingerprint density at radius 2 is 1.71 bits per heavy atom. The van der Waals surface area contributed by atoms with Crippen LogP contribution in [0.2, 0.25) is 0 Å². The molecule has 2 amide bonds. The maximum Gasteiger partial charge on any atom is 0.338 e. The fourth-order valence-corrected chi connectivity index (χ4v) is 2.64. The van der Waals surface area contributed by atoms with Gasteiger partial charge in [0.05, 0.1) is 25.0 Å². The van der Waals surface area contributed by atoms with Crippen LogP contribution in [0.15, 0.2) is 48.5 Å². The van der Waals surface area contributed by atoms with Gasteiger partial charge < -0.3 is 19.7 Å². The van der Waals surface area contributed by atoms with Crippen molar-refractivity contribution in [2.24, 2.45) is 0 Å². The minimum Gasteiger partial charge on any atom is -0.495 e. The van der Waals surface area contributed by atoms with Gasteiger partial charge >= 0.3 is 5.97 Å². The summed E-state index contributed by atoms with van der Waals surface area (Å²) in [5.74, 6) is -0.275. The van der Waals surface area contributed by atoms with Crippen LogP contribution in [0.1, 0.15) is 30.6 Å². The molecular formula is C21H24N2O5. The fourth-order valence-electron chi connectivity index (χ4n) is 2.64. The lowest BCUT2D eigenvalue weighted by Gasteiger charge is -2.23. The van der Waals surface area contributed by atoms with Gasteiger partial charge in [0, 0.05) is 25.6 Å². The lowest BCUT2D eigenvalue weighted by Crippen LogP contribution is -2.32. The van der Waals surface area contributed by atoms with E-state index in [0.717, 1.165) is 0 Å². The third kappa shape index (κ3) is 5.57. The number of esters is 1. The van der Waals surface area contributed by atoms with Crippen molar-refractivity contribution in [3.05, 3.63) is 54.1 Å². The average Bonchev–Trinajstić information content (AvgIpc) is 2.69. The van der Waals surface area contributed by atoms with E-state index in [1.54, 1.807) is 49.4 Å². The number of hydrogen-bond acceptors (Lipinski definition) is 5. The van der Waals surface area contributed by atoms with E-state index in [0.29, 0.717) is 29.3 Å². The third-order valence-corrected chi connectivity index (χ3v) is 4.00. The third-order valence-electron chi connectivity index (χ3n) is 4.00. The highest BCUT2D eigenvalue weighted by molar-refractivity contribution is 5.96. The molecule has 2 aromatic carbocycles. The molecule has 0 aliphatic carbocycles. The monoisotopic (exact) mass is 384 g/mol. The molecule has 1 N–H and O–H groups in total. The zero-order valence-electron chi connectivity index (χ0n) is 16.2. The van der Waals surface area contributed by atoms with E-state index in [-0.39, 0.29) is 24.8 Å². The van der Waals surface area contributed by atoms with Crippen LogP contribution in [-0.4, -0.2) is 38.0 Å². The van der Waals surface area contributed by atoms with E-state index >= 15 is 0 Å². The number of anilines is 2. The largest absolute Gasteiger partial charge is 0.495 e. The van der Waals surface area contributed by atoms with E-state index in [1.165, 1.54) is 18.9 Å². The van der Waals surface area contributed by atoms with Crippen LogP contribution in [0.4, 0.5) is 11.4 Å². The van der Waals surface area contributed by atoms with Gasteiger partial charge in [-0.2, -0.15) is 0 Å². The molecule has 0 saturated carbocycles. The van der Waals surface area contributed by atoms with Crippen molar-refractivity contribution in [2.45, 2.75) is 20.3 Å². The van der Waals surface area contributed by atoms with Gasteiger partial charge in [0.1, 0.15) is 5.75 Å². The molecule has 0 aliphatic rings. The Labute approximate surface area is 164 Å². The fraction of sp³-hybridized carbons (Fsp3) is 0.286. The van der Waals surface area contributed by atoms with Crippen LogP contribution >= 0.6 is 0 Å². The van der Waals surface area contributed by atoms with Gasteiger partial charge in [-0.15, -0.1) is 0 Å². The lowest BCUT2D eigenvalue weighted by atomic mass is 10.2. The summed E-state index contributed by atoms with van der Waals surface area (Å²) in [6.45, 7) is 3.69. The number of carbonyl (C=O) groups excluding carboxylic acids is 3. The summed E-state index contributed by atoms with van der Waals surface area (Å²) >= 11 is 0. The number of hydrogen-bond donors (Lipinski definition) is 1. The van der Waals surface area contributed by atoms with Crippen molar-refractivity contribution in [1.29, 1.82) is 0 Å². The van der Waals surface area contributed by atoms with Crippen LogP contribution in [0.3, 0.4) is 0 Å². The molecular weight excluding hydrogens is 360 g/mol. The molecule has 7 heteroatoms. The van der Waals surface area contributed by atoms with Crippen LogP contribution < -0.4 is 15.0 Å². The quantitative estimate of drug-likeness (QED) is 0.706. The first-order valence-corrected chi connectivity index (χ1v) is 8.94. The van der Waals surface area contributed by atoms with Gasteiger partial charge in [0.2, 0.25) is 11.8 Å². The molecule has 0 aliphatic heterocycles. The van der Waals surface area contributed by atoms with Gasteiger partial charge in [0.15, 0.2) is 0 Å². The van der Waals surface area contributed by atoms with Crippen LogP contribution in [0.25, 0.3) is 0 Å². The highest BCUT2D eigenvalue weighted by Crippen LogP contribution is 2.27. The molecule has 0 atom stereocenters. The Bertz CT molecular complexity index is 833. The average molecular weight is 384 g/mol. The Kier molecular flexibility index (Phi) is 7.56. The van der Waals surface area contributed by atoms with Gasteiger partial charge in [-0.25, -0.2) is 4.79 Å². The normalized spacial score (nSPS) is 10.1. The van der Waals surface area contributed by atoms with Crippen LogP contribution in [0.5, 0.6) is 5.75 Å². The van der Waals surface area contributed by atoms with Crippen molar-refractivity contribution >= 4 is 29.2 Å². The number of ether oxygens (including phenoxy) is 2. The number of nitrogens with one attached hydrogen (secondary N) is 1. The smallest absolute Gasteiger partial charge is 0.338 e. The van der Waals surface area contributed by atoms with Crippen LogP contribution in [-0.2, 0) is 14.3 Å². The van der Waals surface area contributed by atoms with Gasteiger partial charge in [0.25, 0.3) is 0 Å². The molecule has 0 radical (unpaired) electrons. The summed E-state index contributed by atoms with van der Waals surface area (Å²) in [5.41, 5.74) is 1.59. The predicted octanol–water partition coefficient (Wildman–Crippen LogP) is 3.25. The minimum absolute atomic E-state index is 0.108. The summed E-state index contributed by atoms with van der Waals surface area (Å²) in [7, 11) is 1.53. The molecule has 28 heavy (non-hydrogen) atoms. The zero-order valence-corrected chi connectivity index (χ0v) is 16.2. The number of amides is 2. The SMILES string of the molecule is CCOC(=O)c1ccc(NC(=O)CCN(C(C)=O)c2ccccc2OC)cc1. The second-order valence-electron chi connectivity index (χ2n) is 5.94. The lowest BCUT2D eigenvalue weighted by molar-refractivity contribution is -0.117. The molecule has 2 rings (SSSR count). The number of methoxy groups -OCH3 is 1. The second kappa shape index (κ2) is 10.1. The van der Waals surface area contributed by atoms with Crippen molar-refractivity contribution in [3.8, 4) is 5.75 Å². The number of para-hydroxylation sites is 2. The van der Waals surface area contributed by atoms with E-state index in [1.807, 2.05) is 6.07 Å². The molecule has 0 spiro atoms. The standard InChI is InChI=1S/C21H24N2O5/c1-4-28-21(26)16-9-11-17(12-10-16)22-20(25)13-14-23(15(2)24)18-7-5-6-8-19(18)27-3/h5-12H,4,13-14H2,1-3H3,(H,22,25). The minimum atomic E-state index is -0.408. The Morgan fingerprint density at radius 3 is 2.32 bits per heavy atom. The molecule has 0 heterocycles. The summed E-state index contributed by atoms with van der Waals surface area (Å²) in [6, 6.07) is 13.6. The number of benzene rings is 2. The molecule has 7 nitrogen and oxygen atoms in total. The van der Waals surface area contributed by atoms with E-state index in [2.05, 4.69) is 5.32 Å². The molecule has 2 aromatic rings. The highest BCUT2D eigenvalue weighted by atomic mass is 16.5. The zero-order chi connectivity index (χ0) is 20.5. The van der Waals surface area contributed by atoms with E-state index in [9.17, 15) is 14.4 Å². The summed E-state index contributed by atoms with van der Waals surface area (Å²) in [4.78, 5) is 37.5. The van der Waals surface area contributed by atoms with Gasteiger partial charge in [-0.3, -0.25) is 9.59 Å². The number of rotatable bonds is 8. The molecule has 0 bridgehead atoms. The van der Waals surface area contributed by atoms with Crippen molar-refractivity contribution in [3.63, 3.8) is 0 Å². The highest BCUT2D eigenvalue weighted by Gasteiger charge is 2.17. The van der Waals surface area contributed by atoms with Gasteiger partial charge in [-0.05, 0) is 43.3 Å². The van der Waals surface area contributed by atoms with Crippen LogP contribution in [0, 0.1) is 0 Å². The van der Waals surface area contributed by atoms with Gasteiger partial charge in [-0.1, -0.05) is 12.1 Å². The topological polar surface area (TPSA) is 84.9 Å². The summed E-state index contributed by atoms with van der Waals surface area (Å²) < 4.78 is 10.2. The molecule has 0 aromatic heterocycles. The first kappa shape index (κ1) is 21.0. The predicted molar refractivity (Wildman–Crippen MR) is 107 cm³/mol. The Hall–Kier alpha value is -3.35. The maximum absolute atomic E-state index is 12.3. The molecule has 0 unspecified atom stereocenters. The summed E-state index contributed by atoms with van der Waals surface area (Å²) in [6.07, 6.45) is 0.108. The second-order valence-corrected chi connectivity index (χ2v) is 5.94. The van der Waals surface area contributed by atoms with Crippen molar-refractivity contribution in [2.75, 3.05) is 30.5 Å². The molecule has 0 saturated heterocycles. The maximum atomic E-state index is 12.3. The first-order chi connectivity index (χ1) is 13.5. The van der Waals surface area contributed by atoms with Crippen molar-refractivity contribution in [1.82, 2.24) is 0 Å². The van der Waals surface area contributed by atoms with E-state index in [4.69, 9.17) is 9.47 Å². The number of carbonyl (C=O) groups is 3. The Balaban J connectivity index is 1.98. The van der Waals surface area contributed by atoms with Crippen molar-refractivity contribution < 1.29 is 23.9 Å². The van der Waals surface area contributed by atoms with E-state index < -0.39 is 5.97 Å². The first-order valence-electron chi connectivity index (χ1n) is 8.94. The summed E-state index contributed by atoms with van der Waals surface area (Å²) in [5, 5.41) is 2.75.